The maximum Gasteiger partial charge on any atom is 0.164 e. The molecule has 2 aliphatic heterocycles. The van der Waals surface area contributed by atoms with E-state index in [4.69, 9.17) is 14.2 Å². The highest BCUT2D eigenvalue weighted by molar-refractivity contribution is 5.78. The number of carbonyl (C=O) groups is 1. The molecule has 2 rings (SSSR count). The van der Waals surface area contributed by atoms with E-state index in [1.54, 1.807) is 0 Å². The van der Waals surface area contributed by atoms with Crippen molar-refractivity contribution >= 4 is 5.78 Å². The quantitative estimate of drug-likeness (QED) is 0.691. The molecule has 2 heterocycles. The van der Waals surface area contributed by atoms with E-state index >= 15 is 0 Å². The molecule has 0 saturated carbocycles. The average molecular weight is 214 g/mol. The maximum absolute atomic E-state index is 11.5. The normalized spacial score (nSPS) is 27.3. The van der Waals surface area contributed by atoms with Crippen LogP contribution in [-0.4, -0.2) is 38.0 Å². The lowest BCUT2D eigenvalue weighted by Gasteiger charge is -2.10. The Kier molecular flexibility index (Phi) is 4.11. The van der Waals surface area contributed by atoms with Crippen LogP contribution in [-0.2, 0) is 19.0 Å². The van der Waals surface area contributed by atoms with Gasteiger partial charge < -0.3 is 14.2 Å². The molecular weight excluding hydrogens is 196 g/mol. The Morgan fingerprint density at radius 2 is 1.93 bits per heavy atom. The zero-order chi connectivity index (χ0) is 10.5. The summed E-state index contributed by atoms with van der Waals surface area (Å²) >= 11 is 0. The third kappa shape index (κ3) is 3.55. The molecule has 0 aromatic heterocycles. The summed E-state index contributed by atoms with van der Waals surface area (Å²) in [5.74, 6) is 0.220. The smallest absolute Gasteiger partial charge is 0.164 e. The molecule has 2 fully saturated rings. The van der Waals surface area contributed by atoms with Crippen molar-refractivity contribution in [3.8, 4) is 0 Å². The van der Waals surface area contributed by atoms with Gasteiger partial charge in [-0.3, -0.25) is 4.79 Å². The molecule has 86 valence electrons. The Balaban J connectivity index is 1.59. The number of carbonyl (C=O) groups excluding carboxylic acids is 1. The van der Waals surface area contributed by atoms with Crippen LogP contribution in [0.1, 0.15) is 32.1 Å². The molecule has 0 N–H and O–H groups in total. The van der Waals surface area contributed by atoms with Crippen molar-refractivity contribution in [1.29, 1.82) is 0 Å². The van der Waals surface area contributed by atoms with E-state index < -0.39 is 0 Å². The lowest BCUT2D eigenvalue weighted by atomic mass is 10.1. The Morgan fingerprint density at radius 1 is 1.13 bits per heavy atom. The zero-order valence-corrected chi connectivity index (χ0v) is 8.94. The first-order chi connectivity index (χ1) is 7.34. The Morgan fingerprint density at radius 3 is 2.60 bits per heavy atom. The number of hydrogen-bond acceptors (Lipinski definition) is 4. The topological polar surface area (TPSA) is 44.8 Å². The minimum absolute atomic E-state index is 0.220. The lowest BCUT2D eigenvalue weighted by molar-refractivity contribution is -0.127. The standard InChI is InChI=1S/C11H18O4/c12-9(8-11-14-6-7-15-11)3-4-10-2-1-5-13-10/h10-11H,1-8H2. The lowest BCUT2D eigenvalue weighted by Crippen LogP contribution is -2.16. The van der Waals surface area contributed by atoms with Gasteiger partial charge in [0.05, 0.1) is 25.7 Å². The fraction of sp³-hybridized carbons (Fsp3) is 0.909. The molecule has 2 saturated heterocycles. The highest BCUT2D eigenvalue weighted by Gasteiger charge is 2.21. The van der Waals surface area contributed by atoms with Crippen LogP contribution in [0.5, 0.6) is 0 Å². The molecular formula is C11H18O4. The number of ketones is 1. The molecule has 0 radical (unpaired) electrons. The Labute approximate surface area is 89.9 Å². The van der Waals surface area contributed by atoms with Crippen LogP contribution in [0.4, 0.5) is 0 Å². The predicted molar refractivity (Wildman–Crippen MR) is 53.5 cm³/mol. The number of Topliss-reactive ketones (excluding diaryl/α,β-unsaturated/α-hetero) is 1. The highest BCUT2D eigenvalue weighted by atomic mass is 16.7. The van der Waals surface area contributed by atoms with Gasteiger partial charge in [0.25, 0.3) is 0 Å². The van der Waals surface area contributed by atoms with E-state index in [1.165, 1.54) is 0 Å². The molecule has 0 amide bonds. The minimum Gasteiger partial charge on any atom is -0.378 e. The number of hydrogen-bond donors (Lipinski definition) is 0. The first-order valence-corrected chi connectivity index (χ1v) is 5.71. The van der Waals surface area contributed by atoms with Gasteiger partial charge in [0.1, 0.15) is 5.78 Å². The van der Waals surface area contributed by atoms with Gasteiger partial charge in [-0.15, -0.1) is 0 Å². The van der Waals surface area contributed by atoms with Crippen LogP contribution in [0.25, 0.3) is 0 Å². The van der Waals surface area contributed by atoms with Crippen molar-refractivity contribution in [2.45, 2.75) is 44.5 Å². The van der Waals surface area contributed by atoms with Gasteiger partial charge >= 0.3 is 0 Å². The van der Waals surface area contributed by atoms with Crippen LogP contribution in [0.2, 0.25) is 0 Å². The van der Waals surface area contributed by atoms with Gasteiger partial charge in [-0.1, -0.05) is 0 Å². The predicted octanol–water partition coefficient (Wildman–Crippen LogP) is 1.28. The van der Waals surface area contributed by atoms with E-state index in [-0.39, 0.29) is 12.1 Å². The van der Waals surface area contributed by atoms with Crippen LogP contribution in [0.3, 0.4) is 0 Å². The van der Waals surface area contributed by atoms with Gasteiger partial charge in [-0.05, 0) is 19.3 Å². The van der Waals surface area contributed by atoms with E-state index in [0.717, 1.165) is 25.9 Å². The van der Waals surface area contributed by atoms with Crippen LogP contribution in [0, 0.1) is 0 Å². The first-order valence-electron chi connectivity index (χ1n) is 5.71. The summed E-state index contributed by atoms with van der Waals surface area (Å²) < 4.78 is 15.9. The van der Waals surface area contributed by atoms with E-state index in [0.29, 0.717) is 32.2 Å². The van der Waals surface area contributed by atoms with E-state index in [9.17, 15) is 4.79 Å². The highest BCUT2D eigenvalue weighted by Crippen LogP contribution is 2.18. The van der Waals surface area contributed by atoms with Crippen LogP contribution >= 0.6 is 0 Å². The van der Waals surface area contributed by atoms with E-state index in [1.807, 2.05) is 0 Å². The fourth-order valence-electron chi connectivity index (χ4n) is 2.01. The van der Waals surface area contributed by atoms with Gasteiger partial charge in [-0.25, -0.2) is 0 Å². The largest absolute Gasteiger partial charge is 0.378 e. The molecule has 1 atom stereocenters. The van der Waals surface area contributed by atoms with E-state index in [2.05, 4.69) is 0 Å². The second kappa shape index (κ2) is 5.58. The van der Waals surface area contributed by atoms with Crippen molar-refractivity contribution in [3.63, 3.8) is 0 Å². The third-order valence-corrected chi connectivity index (χ3v) is 2.85. The molecule has 0 bridgehead atoms. The fourth-order valence-corrected chi connectivity index (χ4v) is 2.01. The summed E-state index contributed by atoms with van der Waals surface area (Å²) in [7, 11) is 0. The summed E-state index contributed by atoms with van der Waals surface area (Å²) in [4.78, 5) is 11.5. The zero-order valence-electron chi connectivity index (χ0n) is 8.94. The molecule has 0 aliphatic carbocycles. The van der Waals surface area contributed by atoms with Crippen molar-refractivity contribution in [2.24, 2.45) is 0 Å². The maximum atomic E-state index is 11.5. The van der Waals surface area contributed by atoms with Gasteiger partial charge in [-0.2, -0.15) is 0 Å². The van der Waals surface area contributed by atoms with Crippen molar-refractivity contribution in [2.75, 3.05) is 19.8 Å². The third-order valence-electron chi connectivity index (χ3n) is 2.85. The van der Waals surface area contributed by atoms with Gasteiger partial charge in [0.15, 0.2) is 6.29 Å². The second-order valence-corrected chi connectivity index (χ2v) is 4.09. The molecule has 0 aromatic rings. The SMILES string of the molecule is O=C(CCC1CCCO1)CC1OCCO1. The van der Waals surface area contributed by atoms with Crippen molar-refractivity contribution in [3.05, 3.63) is 0 Å². The summed E-state index contributed by atoms with van der Waals surface area (Å²) in [6.45, 7) is 2.08. The van der Waals surface area contributed by atoms with Crippen LogP contribution in [0.15, 0.2) is 0 Å². The number of rotatable bonds is 5. The van der Waals surface area contributed by atoms with Gasteiger partial charge in [0, 0.05) is 13.0 Å². The first kappa shape index (κ1) is 11.0. The summed E-state index contributed by atoms with van der Waals surface area (Å²) in [6, 6.07) is 0. The number of ether oxygens (including phenoxy) is 3. The average Bonchev–Trinajstić information content (AvgIpc) is 2.86. The molecule has 0 spiro atoms. The molecule has 2 aliphatic rings. The van der Waals surface area contributed by atoms with Crippen LogP contribution < -0.4 is 0 Å². The molecule has 4 nitrogen and oxygen atoms in total. The summed E-state index contributed by atoms with van der Waals surface area (Å²) in [6.07, 6.45) is 4.09. The second-order valence-electron chi connectivity index (χ2n) is 4.09. The molecule has 1 unspecified atom stereocenters. The summed E-state index contributed by atoms with van der Waals surface area (Å²) in [5.41, 5.74) is 0. The molecule has 15 heavy (non-hydrogen) atoms. The van der Waals surface area contributed by atoms with Crippen molar-refractivity contribution < 1.29 is 19.0 Å². The molecule has 0 aromatic carbocycles. The molecule has 4 heteroatoms. The van der Waals surface area contributed by atoms with Gasteiger partial charge in [0.2, 0.25) is 0 Å². The monoisotopic (exact) mass is 214 g/mol. The minimum atomic E-state index is -0.290. The Bertz CT molecular complexity index is 205. The van der Waals surface area contributed by atoms with Crippen molar-refractivity contribution in [1.82, 2.24) is 0 Å². The Hall–Kier alpha value is -0.450. The summed E-state index contributed by atoms with van der Waals surface area (Å²) in [5, 5.41) is 0.